The Labute approximate surface area is 278 Å². The van der Waals surface area contributed by atoms with Crippen LogP contribution < -0.4 is 30.3 Å². The van der Waals surface area contributed by atoms with Crippen LogP contribution in [0.4, 0.5) is 4.79 Å². The maximum Gasteiger partial charge on any atom is 0.337 e. The van der Waals surface area contributed by atoms with Gasteiger partial charge in [0.25, 0.3) is 0 Å². The lowest BCUT2D eigenvalue weighted by Crippen LogP contribution is -2.45. The Morgan fingerprint density at radius 3 is 2.58 bits per heavy atom. The van der Waals surface area contributed by atoms with Crippen LogP contribution in [0.2, 0.25) is 10.0 Å². The number of methoxy groups -OCH3 is 1. The summed E-state index contributed by atoms with van der Waals surface area (Å²) in [6, 6.07) is 14.6. The molecule has 4 N–H and O–H groups in total. The number of nitrogens with zero attached hydrogens (tertiary/aromatic N) is 1. The lowest BCUT2D eigenvalue weighted by molar-refractivity contribution is -0.136. The summed E-state index contributed by atoms with van der Waals surface area (Å²) in [7, 11) is 1.27. The van der Waals surface area contributed by atoms with E-state index in [2.05, 4.69) is 37.1 Å². The molecule has 0 bridgehead atoms. The maximum atomic E-state index is 12.5. The molecule has 0 radical (unpaired) electrons. The van der Waals surface area contributed by atoms with Crippen LogP contribution in [0.5, 0.6) is 17.2 Å². The number of aliphatic hydroxyl groups is 1. The van der Waals surface area contributed by atoms with Crippen LogP contribution in [0.1, 0.15) is 36.6 Å². The van der Waals surface area contributed by atoms with Crippen LogP contribution in [-0.2, 0) is 16.1 Å². The Bertz CT molecular complexity index is 1600. The van der Waals surface area contributed by atoms with Crippen molar-refractivity contribution < 1.29 is 33.6 Å². The van der Waals surface area contributed by atoms with Gasteiger partial charge in [0, 0.05) is 20.8 Å². The smallest absolute Gasteiger partial charge is 0.337 e. The molecule has 0 unspecified atom stereocenters. The molecule has 11 nitrogen and oxygen atoms in total. The molecule has 1 heterocycles. The highest BCUT2D eigenvalue weighted by atomic mass is 79.9. The van der Waals surface area contributed by atoms with E-state index in [0.29, 0.717) is 50.7 Å². The number of ether oxygens (including phenoxy) is 4. The van der Waals surface area contributed by atoms with E-state index in [1.165, 1.54) is 13.3 Å². The van der Waals surface area contributed by atoms with Gasteiger partial charge in [0.1, 0.15) is 19.0 Å². The van der Waals surface area contributed by atoms with Gasteiger partial charge in [0.2, 0.25) is 0 Å². The van der Waals surface area contributed by atoms with E-state index in [4.69, 9.17) is 42.1 Å². The largest absolute Gasteiger partial charge is 0.490 e. The van der Waals surface area contributed by atoms with E-state index >= 15 is 0 Å². The number of halogens is 3. The van der Waals surface area contributed by atoms with E-state index in [1.54, 1.807) is 44.2 Å². The van der Waals surface area contributed by atoms with Gasteiger partial charge in [-0.15, -0.1) is 0 Å². The van der Waals surface area contributed by atoms with Gasteiger partial charge < -0.3 is 34.7 Å². The third kappa shape index (κ3) is 9.04. The normalized spacial score (nSPS) is 15.3. The van der Waals surface area contributed by atoms with Crippen LogP contribution in [0.25, 0.3) is 0 Å². The molecule has 3 aromatic carbocycles. The fraction of sp³-hybridized carbons (Fsp3) is 0.258. The van der Waals surface area contributed by atoms with E-state index < -0.39 is 24.3 Å². The van der Waals surface area contributed by atoms with Crippen molar-refractivity contribution in [3.05, 3.63) is 97.1 Å². The molecule has 0 aliphatic carbocycles. The molecule has 1 aliphatic heterocycles. The molecule has 45 heavy (non-hydrogen) atoms. The molecule has 0 saturated heterocycles. The average molecular weight is 722 g/mol. The van der Waals surface area contributed by atoms with Crippen molar-refractivity contribution in [1.29, 1.82) is 0 Å². The first kappa shape index (κ1) is 33.9. The number of hydrogen-bond donors (Lipinski definition) is 4. The second kappa shape index (κ2) is 15.8. The molecule has 1 aliphatic rings. The molecule has 238 valence electrons. The number of amides is 2. The highest BCUT2D eigenvalue weighted by molar-refractivity contribution is 9.10. The first-order valence-electron chi connectivity index (χ1n) is 13.7. The van der Waals surface area contributed by atoms with Gasteiger partial charge in [-0.25, -0.2) is 9.59 Å². The summed E-state index contributed by atoms with van der Waals surface area (Å²) in [5.41, 5.74) is 5.25. The highest BCUT2D eigenvalue weighted by Gasteiger charge is 2.32. The topological polar surface area (TPSA) is 140 Å². The molecular formula is C31H31BrCl2N4O7. The van der Waals surface area contributed by atoms with E-state index in [0.717, 1.165) is 10.0 Å². The summed E-state index contributed by atoms with van der Waals surface area (Å²) in [6.45, 7) is 3.81. The summed E-state index contributed by atoms with van der Waals surface area (Å²) in [6.07, 6.45) is 0.220. The SMILES string of the molecule is CCOc1cc([C@@H]2NC(=O)NC(C)=C2C(=O)OC)ccc1OC[C@@H](O)N/N=C/c1cc(Cl)cc(Cl)c1OCc1ccc(Br)cc1. The molecule has 0 saturated carbocycles. The highest BCUT2D eigenvalue weighted by Crippen LogP contribution is 2.35. The summed E-state index contributed by atoms with van der Waals surface area (Å²) in [5.74, 6) is 0.478. The number of allylic oxidation sites excluding steroid dienone is 1. The second-order valence-electron chi connectivity index (χ2n) is 9.64. The minimum atomic E-state index is -1.21. The number of urea groups is 1. The zero-order valence-corrected chi connectivity index (χ0v) is 27.6. The standard InChI is InChI=1S/C31H31BrCl2N4O7/c1-4-43-25-12-19(28-27(30(40)42-3)17(2)36-31(41)37-28)7-10-24(25)44-16-26(39)38-35-14-20-11-22(33)13-23(34)29(20)45-15-18-5-8-21(32)9-6-18/h5-14,26,28,38-39H,4,15-16H2,1-3H3,(H2,36,37,41)/b35-14+/t26-,28+/m1/s1. The molecule has 14 heteroatoms. The molecule has 3 aromatic rings. The van der Waals surface area contributed by atoms with E-state index in [1.807, 2.05) is 24.3 Å². The third-order valence-electron chi connectivity index (χ3n) is 6.43. The van der Waals surface area contributed by atoms with Gasteiger partial charge in [-0.05, 0) is 61.4 Å². The lowest BCUT2D eigenvalue weighted by Gasteiger charge is -2.28. The Balaban J connectivity index is 1.42. The molecule has 0 aromatic heterocycles. The van der Waals surface area contributed by atoms with Gasteiger partial charge >= 0.3 is 12.0 Å². The van der Waals surface area contributed by atoms with Crippen LogP contribution in [-0.4, -0.2) is 49.9 Å². The zero-order valence-electron chi connectivity index (χ0n) is 24.5. The molecular weight excluding hydrogens is 691 g/mol. The number of hydrazone groups is 1. The van der Waals surface area contributed by atoms with Crippen molar-refractivity contribution in [2.75, 3.05) is 20.3 Å². The minimum absolute atomic E-state index is 0.198. The van der Waals surface area contributed by atoms with Crippen molar-refractivity contribution in [1.82, 2.24) is 16.1 Å². The summed E-state index contributed by atoms with van der Waals surface area (Å²) in [5, 5.41) is 20.6. The number of aliphatic hydroxyl groups excluding tert-OH is 1. The molecule has 4 rings (SSSR count). The molecule has 2 amide bonds. The number of hydrogen-bond acceptors (Lipinski definition) is 9. The summed E-state index contributed by atoms with van der Waals surface area (Å²) >= 11 is 16.0. The first-order valence-corrected chi connectivity index (χ1v) is 15.2. The monoisotopic (exact) mass is 720 g/mol. The Kier molecular flexibility index (Phi) is 11.9. The van der Waals surface area contributed by atoms with Gasteiger partial charge in [-0.2, -0.15) is 5.10 Å². The quantitative estimate of drug-likeness (QED) is 0.0746. The van der Waals surface area contributed by atoms with E-state index in [9.17, 15) is 14.7 Å². The predicted molar refractivity (Wildman–Crippen MR) is 174 cm³/mol. The number of carbonyl (C=O) groups is 2. The number of esters is 1. The number of rotatable bonds is 13. The van der Waals surface area contributed by atoms with Crippen molar-refractivity contribution >= 4 is 57.3 Å². The Morgan fingerprint density at radius 2 is 1.87 bits per heavy atom. The molecule has 0 spiro atoms. The number of benzene rings is 3. The predicted octanol–water partition coefficient (Wildman–Crippen LogP) is 5.86. The number of carbonyl (C=O) groups excluding carboxylic acids is 2. The van der Waals surface area contributed by atoms with Gasteiger partial charge in [0.05, 0.1) is 36.6 Å². The minimum Gasteiger partial charge on any atom is -0.490 e. The lowest BCUT2D eigenvalue weighted by atomic mass is 9.95. The zero-order chi connectivity index (χ0) is 32.5. The van der Waals surface area contributed by atoms with Gasteiger partial charge in [-0.3, -0.25) is 5.43 Å². The van der Waals surface area contributed by atoms with Crippen LogP contribution in [0.15, 0.2) is 75.4 Å². The van der Waals surface area contributed by atoms with Gasteiger partial charge in [0.15, 0.2) is 17.7 Å². The van der Waals surface area contributed by atoms with Crippen LogP contribution >= 0.6 is 39.1 Å². The average Bonchev–Trinajstić information content (AvgIpc) is 3.00. The fourth-order valence-electron chi connectivity index (χ4n) is 4.38. The molecule has 2 atom stereocenters. The van der Waals surface area contributed by atoms with Gasteiger partial charge in [-0.1, -0.05) is 57.3 Å². The van der Waals surface area contributed by atoms with Crippen molar-refractivity contribution in [2.24, 2.45) is 5.10 Å². The first-order chi connectivity index (χ1) is 21.6. The summed E-state index contributed by atoms with van der Waals surface area (Å²) in [4.78, 5) is 24.6. The Morgan fingerprint density at radius 1 is 1.11 bits per heavy atom. The fourth-order valence-corrected chi connectivity index (χ4v) is 5.21. The number of nitrogens with one attached hydrogen (secondary N) is 3. The van der Waals surface area contributed by atoms with Crippen LogP contribution in [0.3, 0.4) is 0 Å². The van der Waals surface area contributed by atoms with Crippen molar-refractivity contribution in [2.45, 2.75) is 32.7 Å². The maximum absolute atomic E-state index is 12.5. The Hall–Kier alpha value is -3.97. The molecule has 0 fully saturated rings. The van der Waals surface area contributed by atoms with Crippen molar-refractivity contribution in [3.63, 3.8) is 0 Å². The van der Waals surface area contributed by atoms with Crippen LogP contribution in [0, 0.1) is 0 Å². The van der Waals surface area contributed by atoms with E-state index in [-0.39, 0.29) is 18.8 Å². The third-order valence-corrected chi connectivity index (χ3v) is 7.46. The summed E-state index contributed by atoms with van der Waals surface area (Å²) < 4.78 is 23.4. The second-order valence-corrected chi connectivity index (χ2v) is 11.4. The van der Waals surface area contributed by atoms with Crippen molar-refractivity contribution in [3.8, 4) is 17.2 Å².